The minimum Gasteiger partial charge on any atom is -0.486 e. The minimum absolute atomic E-state index is 0.0763. The lowest BCUT2D eigenvalue weighted by Gasteiger charge is -2.27. The van der Waals surface area contributed by atoms with Gasteiger partial charge in [0.1, 0.15) is 13.2 Å². The Hall–Kier alpha value is -3.21. The van der Waals surface area contributed by atoms with Crippen molar-refractivity contribution in [3.63, 3.8) is 0 Å². The summed E-state index contributed by atoms with van der Waals surface area (Å²) in [5, 5.41) is 0. The van der Waals surface area contributed by atoms with Crippen LogP contribution in [0.1, 0.15) is 34.8 Å². The van der Waals surface area contributed by atoms with E-state index in [1.807, 2.05) is 70.4 Å². The van der Waals surface area contributed by atoms with E-state index in [1.165, 1.54) is 0 Å². The second kappa shape index (κ2) is 7.08. The van der Waals surface area contributed by atoms with Gasteiger partial charge in [0.05, 0.1) is 6.04 Å². The van der Waals surface area contributed by atoms with Crippen LogP contribution in [0.2, 0.25) is 0 Å². The van der Waals surface area contributed by atoms with Gasteiger partial charge in [0, 0.05) is 30.2 Å². The van der Waals surface area contributed by atoms with Gasteiger partial charge in [0.2, 0.25) is 0 Å². The van der Waals surface area contributed by atoms with Crippen LogP contribution in [0.5, 0.6) is 11.5 Å². The number of likely N-dealkylation sites (tertiary alicyclic amines) is 1. The molecule has 28 heavy (non-hydrogen) atoms. The number of ether oxygens (including phenoxy) is 2. The normalized spacial score (nSPS) is 18.3. The Morgan fingerprint density at radius 3 is 2.46 bits per heavy atom. The van der Waals surface area contributed by atoms with Crippen molar-refractivity contribution in [3.05, 3.63) is 78.1 Å². The van der Waals surface area contributed by atoms with Crippen LogP contribution in [0.15, 0.2) is 67.0 Å². The van der Waals surface area contributed by atoms with Crippen LogP contribution in [0, 0.1) is 0 Å². The van der Waals surface area contributed by atoms with E-state index in [0.29, 0.717) is 13.2 Å². The van der Waals surface area contributed by atoms with Crippen molar-refractivity contribution < 1.29 is 14.3 Å². The molecule has 5 rings (SSSR count). The maximum atomic E-state index is 13.2. The molecule has 5 nitrogen and oxygen atoms in total. The van der Waals surface area contributed by atoms with Crippen LogP contribution in [-0.2, 0) is 0 Å². The van der Waals surface area contributed by atoms with Crippen LogP contribution in [-0.4, -0.2) is 35.1 Å². The SMILES string of the molecule is O=C(c1ccc(-n2cccc2)cc1)N1CCCC1c1ccc2c(c1)OCCO2. The molecule has 0 N–H and O–H groups in total. The standard InChI is InChI=1S/C23H22N2O3/c26-23(17-5-8-19(9-6-17)24-11-1-2-12-24)25-13-3-4-20(25)18-7-10-21-22(16-18)28-15-14-27-21/h1-2,5-12,16,20H,3-4,13-15H2. The third kappa shape index (κ3) is 3.03. The highest BCUT2D eigenvalue weighted by Crippen LogP contribution is 2.38. The van der Waals surface area contributed by atoms with Crippen molar-refractivity contribution in [1.82, 2.24) is 9.47 Å². The average Bonchev–Trinajstić information content (AvgIpc) is 3.45. The van der Waals surface area contributed by atoms with E-state index < -0.39 is 0 Å². The number of fused-ring (bicyclic) bond motifs is 1. The Labute approximate surface area is 164 Å². The van der Waals surface area contributed by atoms with Crippen LogP contribution in [0.25, 0.3) is 5.69 Å². The van der Waals surface area contributed by atoms with Crippen molar-refractivity contribution in [2.24, 2.45) is 0 Å². The van der Waals surface area contributed by atoms with Crippen LogP contribution in [0.4, 0.5) is 0 Å². The van der Waals surface area contributed by atoms with Crippen molar-refractivity contribution in [2.75, 3.05) is 19.8 Å². The van der Waals surface area contributed by atoms with Gasteiger partial charge in [0.15, 0.2) is 11.5 Å². The van der Waals surface area contributed by atoms with E-state index in [2.05, 4.69) is 6.07 Å². The number of rotatable bonds is 3. The maximum Gasteiger partial charge on any atom is 0.254 e. The van der Waals surface area contributed by atoms with Gasteiger partial charge in [-0.05, 0) is 66.9 Å². The molecule has 1 aromatic heterocycles. The fourth-order valence-corrected chi connectivity index (χ4v) is 4.07. The molecule has 2 aliphatic heterocycles. The zero-order valence-corrected chi connectivity index (χ0v) is 15.6. The summed E-state index contributed by atoms with van der Waals surface area (Å²) < 4.78 is 13.4. The second-order valence-electron chi connectivity index (χ2n) is 7.20. The zero-order valence-electron chi connectivity index (χ0n) is 15.6. The fraction of sp³-hybridized carbons (Fsp3) is 0.261. The molecule has 0 saturated carbocycles. The van der Waals surface area contributed by atoms with Crippen LogP contribution < -0.4 is 9.47 Å². The van der Waals surface area contributed by atoms with Gasteiger partial charge in [-0.25, -0.2) is 0 Å². The number of hydrogen-bond acceptors (Lipinski definition) is 3. The van der Waals surface area contributed by atoms with Crippen molar-refractivity contribution in [1.29, 1.82) is 0 Å². The predicted molar refractivity (Wildman–Crippen MR) is 106 cm³/mol. The van der Waals surface area contributed by atoms with Crippen molar-refractivity contribution >= 4 is 5.91 Å². The smallest absolute Gasteiger partial charge is 0.254 e. The molecule has 2 aromatic carbocycles. The molecule has 2 aliphatic rings. The molecule has 3 aromatic rings. The van der Waals surface area contributed by atoms with Gasteiger partial charge in [-0.1, -0.05) is 6.07 Å². The van der Waals surface area contributed by atoms with Gasteiger partial charge in [-0.15, -0.1) is 0 Å². The van der Waals surface area contributed by atoms with E-state index in [-0.39, 0.29) is 11.9 Å². The topological polar surface area (TPSA) is 43.7 Å². The molecule has 1 fully saturated rings. The van der Waals surface area contributed by atoms with Crippen molar-refractivity contribution in [3.8, 4) is 17.2 Å². The maximum absolute atomic E-state index is 13.2. The van der Waals surface area contributed by atoms with Crippen LogP contribution >= 0.6 is 0 Å². The first-order valence-electron chi connectivity index (χ1n) is 9.73. The molecule has 5 heteroatoms. The summed E-state index contributed by atoms with van der Waals surface area (Å²) in [7, 11) is 0. The number of amides is 1. The molecule has 3 heterocycles. The average molecular weight is 374 g/mol. The van der Waals surface area contributed by atoms with Crippen molar-refractivity contribution in [2.45, 2.75) is 18.9 Å². The summed E-state index contributed by atoms with van der Waals surface area (Å²) >= 11 is 0. The number of carbonyl (C=O) groups is 1. The molecule has 1 saturated heterocycles. The zero-order chi connectivity index (χ0) is 18.9. The van der Waals surface area contributed by atoms with E-state index in [0.717, 1.165) is 47.7 Å². The third-order valence-electron chi connectivity index (χ3n) is 5.48. The predicted octanol–water partition coefficient (Wildman–Crippen LogP) is 4.23. The lowest BCUT2D eigenvalue weighted by Crippen LogP contribution is -2.30. The third-order valence-corrected chi connectivity index (χ3v) is 5.48. The number of aromatic nitrogens is 1. The lowest BCUT2D eigenvalue weighted by atomic mass is 10.0. The summed E-state index contributed by atoms with van der Waals surface area (Å²) in [5.74, 6) is 1.64. The van der Waals surface area contributed by atoms with Gasteiger partial charge in [-0.2, -0.15) is 0 Å². The minimum atomic E-state index is 0.0763. The molecule has 1 unspecified atom stereocenters. The highest BCUT2D eigenvalue weighted by molar-refractivity contribution is 5.95. The Morgan fingerprint density at radius 1 is 0.929 bits per heavy atom. The molecule has 0 bridgehead atoms. The highest BCUT2D eigenvalue weighted by atomic mass is 16.6. The molecule has 1 atom stereocenters. The molecule has 0 radical (unpaired) electrons. The molecular formula is C23H22N2O3. The van der Waals surface area contributed by atoms with E-state index in [1.54, 1.807) is 0 Å². The molecule has 1 amide bonds. The first-order valence-corrected chi connectivity index (χ1v) is 9.73. The molecule has 0 spiro atoms. The summed E-state index contributed by atoms with van der Waals surface area (Å²) in [6.07, 6.45) is 5.96. The Morgan fingerprint density at radius 2 is 1.68 bits per heavy atom. The van der Waals surface area contributed by atoms with Gasteiger partial charge in [-0.3, -0.25) is 4.79 Å². The quantitative estimate of drug-likeness (QED) is 0.689. The van der Waals surface area contributed by atoms with Gasteiger partial charge in [0.25, 0.3) is 5.91 Å². The van der Waals surface area contributed by atoms with E-state index in [9.17, 15) is 4.79 Å². The number of nitrogens with zero attached hydrogens (tertiary/aromatic N) is 2. The second-order valence-corrected chi connectivity index (χ2v) is 7.20. The highest BCUT2D eigenvalue weighted by Gasteiger charge is 2.31. The van der Waals surface area contributed by atoms with E-state index in [4.69, 9.17) is 9.47 Å². The lowest BCUT2D eigenvalue weighted by molar-refractivity contribution is 0.0735. The first kappa shape index (κ1) is 16.9. The van der Waals surface area contributed by atoms with Crippen LogP contribution in [0.3, 0.4) is 0 Å². The van der Waals surface area contributed by atoms with Gasteiger partial charge < -0.3 is 18.9 Å². The Bertz CT molecular complexity index is 980. The number of hydrogen-bond donors (Lipinski definition) is 0. The number of carbonyl (C=O) groups excluding carboxylic acids is 1. The fourth-order valence-electron chi connectivity index (χ4n) is 4.07. The Kier molecular flexibility index (Phi) is 4.28. The van der Waals surface area contributed by atoms with E-state index >= 15 is 0 Å². The molecule has 0 aliphatic carbocycles. The summed E-state index contributed by atoms with van der Waals surface area (Å²) in [5.41, 5.74) is 2.88. The first-order chi connectivity index (χ1) is 13.8. The van der Waals surface area contributed by atoms with Gasteiger partial charge >= 0.3 is 0 Å². The monoisotopic (exact) mass is 374 g/mol. The molecule has 142 valence electrons. The number of benzene rings is 2. The summed E-state index contributed by atoms with van der Waals surface area (Å²) in [4.78, 5) is 15.2. The largest absolute Gasteiger partial charge is 0.486 e. The summed E-state index contributed by atoms with van der Waals surface area (Å²) in [6, 6.07) is 17.9. The summed E-state index contributed by atoms with van der Waals surface area (Å²) in [6.45, 7) is 1.92. The molecular weight excluding hydrogens is 352 g/mol. The Balaban J connectivity index is 1.38.